The molecule has 0 saturated heterocycles. The Kier molecular flexibility index (Phi) is 4.73. The summed E-state index contributed by atoms with van der Waals surface area (Å²) in [6.45, 7) is 2.03. The summed E-state index contributed by atoms with van der Waals surface area (Å²) in [6, 6.07) is 10.1. The molecule has 6 heteroatoms. The molecule has 1 heterocycles. The van der Waals surface area contributed by atoms with Crippen molar-refractivity contribution in [2.45, 2.75) is 19.9 Å². The first-order chi connectivity index (χ1) is 10.1. The third-order valence-electron chi connectivity index (χ3n) is 2.83. The predicted octanol–water partition coefficient (Wildman–Crippen LogP) is 2.34. The van der Waals surface area contributed by atoms with E-state index in [4.69, 9.17) is 10.2 Å². The van der Waals surface area contributed by atoms with Gasteiger partial charge in [-0.05, 0) is 36.4 Å². The highest BCUT2D eigenvalue weighted by atomic mass is 16.4. The second-order valence-electron chi connectivity index (χ2n) is 4.40. The van der Waals surface area contributed by atoms with Gasteiger partial charge in [0.15, 0.2) is 5.76 Å². The fraction of sp³-hybridized carbons (Fsp3) is 0.200. The number of nitrogens with two attached hydrogens (primary N) is 1. The van der Waals surface area contributed by atoms with Crippen molar-refractivity contribution in [1.82, 2.24) is 0 Å². The molecule has 0 aliphatic rings. The zero-order valence-corrected chi connectivity index (χ0v) is 11.7. The van der Waals surface area contributed by atoms with Gasteiger partial charge in [-0.3, -0.25) is 9.59 Å². The summed E-state index contributed by atoms with van der Waals surface area (Å²) in [5, 5.41) is 5.43. The maximum Gasteiger partial charge on any atom is 0.291 e. The summed E-state index contributed by atoms with van der Waals surface area (Å²) in [7, 11) is 0. The number of furan rings is 1. The summed E-state index contributed by atoms with van der Waals surface area (Å²) in [5.74, 6) is 0.355. The van der Waals surface area contributed by atoms with Gasteiger partial charge in [-0.1, -0.05) is 6.92 Å². The number of carbonyl (C=O) groups is 2. The van der Waals surface area contributed by atoms with Crippen LogP contribution in [0.4, 0.5) is 11.4 Å². The number of benzene rings is 1. The molecule has 6 nitrogen and oxygen atoms in total. The van der Waals surface area contributed by atoms with Gasteiger partial charge in [0.05, 0.1) is 6.54 Å². The van der Waals surface area contributed by atoms with Crippen LogP contribution in [0.3, 0.4) is 0 Å². The number of nitrogens with one attached hydrogen (secondary N) is 2. The van der Waals surface area contributed by atoms with Crippen molar-refractivity contribution in [2.24, 2.45) is 5.73 Å². The van der Waals surface area contributed by atoms with Crippen LogP contribution in [0.15, 0.2) is 40.8 Å². The van der Waals surface area contributed by atoms with Gasteiger partial charge >= 0.3 is 0 Å². The van der Waals surface area contributed by atoms with Gasteiger partial charge in [0.1, 0.15) is 5.76 Å². The van der Waals surface area contributed by atoms with E-state index in [0.717, 1.165) is 0 Å². The van der Waals surface area contributed by atoms with Crippen molar-refractivity contribution in [3.05, 3.63) is 47.9 Å². The lowest BCUT2D eigenvalue weighted by Crippen LogP contribution is -2.12. The average Bonchev–Trinajstić information content (AvgIpc) is 2.98. The molecule has 110 valence electrons. The van der Waals surface area contributed by atoms with Crippen LogP contribution in [0.1, 0.15) is 29.7 Å². The fourth-order valence-corrected chi connectivity index (χ4v) is 1.69. The molecular weight excluding hydrogens is 270 g/mol. The zero-order valence-electron chi connectivity index (χ0n) is 11.7. The minimum absolute atomic E-state index is 0.0586. The van der Waals surface area contributed by atoms with E-state index in [9.17, 15) is 9.59 Å². The Hall–Kier alpha value is -2.60. The van der Waals surface area contributed by atoms with Crippen LogP contribution in [0.25, 0.3) is 0 Å². The maximum atomic E-state index is 11.9. The van der Waals surface area contributed by atoms with E-state index >= 15 is 0 Å². The molecule has 0 bridgehead atoms. The Balaban J connectivity index is 1.99. The molecule has 0 aliphatic carbocycles. The number of rotatable bonds is 5. The standard InChI is InChI=1S/C15H17N3O3/c1-2-14(19)17-10-3-5-11(6-4-10)18-15(20)13-8-7-12(9-16)21-13/h3-8H,2,9,16H2,1H3,(H,17,19)(H,18,20). The molecule has 2 rings (SSSR count). The smallest absolute Gasteiger partial charge is 0.291 e. The molecule has 4 N–H and O–H groups in total. The van der Waals surface area contributed by atoms with Gasteiger partial charge in [-0.2, -0.15) is 0 Å². The molecule has 0 unspecified atom stereocenters. The van der Waals surface area contributed by atoms with Gasteiger partial charge in [0.25, 0.3) is 5.91 Å². The molecular formula is C15H17N3O3. The third kappa shape index (κ3) is 3.93. The van der Waals surface area contributed by atoms with E-state index < -0.39 is 0 Å². The lowest BCUT2D eigenvalue weighted by Gasteiger charge is -2.06. The molecule has 21 heavy (non-hydrogen) atoms. The quantitative estimate of drug-likeness (QED) is 0.786. The molecule has 0 radical (unpaired) electrons. The van der Waals surface area contributed by atoms with Gasteiger partial charge in [-0.15, -0.1) is 0 Å². The topological polar surface area (TPSA) is 97.4 Å². The van der Waals surface area contributed by atoms with Crippen LogP contribution < -0.4 is 16.4 Å². The summed E-state index contributed by atoms with van der Waals surface area (Å²) in [6.07, 6.45) is 0.417. The first-order valence-electron chi connectivity index (χ1n) is 6.62. The van der Waals surface area contributed by atoms with Crippen molar-refractivity contribution in [3.8, 4) is 0 Å². The van der Waals surface area contributed by atoms with Crippen molar-refractivity contribution < 1.29 is 14.0 Å². The molecule has 0 aliphatic heterocycles. The Bertz CT molecular complexity index is 632. The van der Waals surface area contributed by atoms with Crippen LogP contribution in [0.5, 0.6) is 0 Å². The molecule has 2 amide bonds. The summed E-state index contributed by atoms with van der Waals surface area (Å²) >= 11 is 0. The highest BCUT2D eigenvalue weighted by molar-refractivity contribution is 6.02. The Labute approximate surface area is 122 Å². The molecule has 2 aromatic rings. The second-order valence-corrected chi connectivity index (χ2v) is 4.40. The van der Waals surface area contributed by atoms with E-state index in [1.165, 1.54) is 0 Å². The summed E-state index contributed by atoms with van der Waals surface area (Å²) in [5.41, 5.74) is 6.72. The molecule has 1 aromatic heterocycles. The zero-order chi connectivity index (χ0) is 15.2. The normalized spacial score (nSPS) is 10.2. The average molecular weight is 287 g/mol. The van der Waals surface area contributed by atoms with Gasteiger partial charge in [0.2, 0.25) is 5.91 Å². The third-order valence-corrected chi connectivity index (χ3v) is 2.83. The van der Waals surface area contributed by atoms with Gasteiger partial charge in [-0.25, -0.2) is 0 Å². The van der Waals surface area contributed by atoms with Crippen molar-refractivity contribution in [2.75, 3.05) is 10.6 Å². The molecule has 0 atom stereocenters. The Morgan fingerprint density at radius 2 is 1.67 bits per heavy atom. The SMILES string of the molecule is CCC(=O)Nc1ccc(NC(=O)c2ccc(CN)o2)cc1. The summed E-state index contributed by atoms with van der Waals surface area (Å²) in [4.78, 5) is 23.2. The van der Waals surface area contributed by atoms with Crippen molar-refractivity contribution >= 4 is 23.2 Å². The number of hydrogen-bond donors (Lipinski definition) is 3. The van der Waals surface area contributed by atoms with E-state index in [1.807, 2.05) is 0 Å². The fourth-order valence-electron chi connectivity index (χ4n) is 1.69. The largest absolute Gasteiger partial charge is 0.455 e. The first kappa shape index (κ1) is 14.8. The lowest BCUT2D eigenvalue weighted by atomic mass is 10.2. The van der Waals surface area contributed by atoms with E-state index in [2.05, 4.69) is 10.6 Å². The molecule has 1 aromatic carbocycles. The van der Waals surface area contributed by atoms with E-state index in [1.54, 1.807) is 43.3 Å². The number of carbonyl (C=O) groups excluding carboxylic acids is 2. The molecule has 0 spiro atoms. The second kappa shape index (κ2) is 6.71. The van der Waals surface area contributed by atoms with Crippen molar-refractivity contribution in [3.63, 3.8) is 0 Å². The van der Waals surface area contributed by atoms with Crippen LogP contribution in [-0.2, 0) is 11.3 Å². The summed E-state index contributed by atoms with van der Waals surface area (Å²) < 4.78 is 5.26. The Morgan fingerprint density at radius 1 is 1.05 bits per heavy atom. The lowest BCUT2D eigenvalue weighted by molar-refractivity contribution is -0.115. The van der Waals surface area contributed by atoms with Crippen LogP contribution in [-0.4, -0.2) is 11.8 Å². The van der Waals surface area contributed by atoms with Gasteiger partial charge < -0.3 is 20.8 Å². The van der Waals surface area contributed by atoms with E-state index in [-0.39, 0.29) is 24.1 Å². The van der Waals surface area contributed by atoms with Crippen molar-refractivity contribution in [1.29, 1.82) is 0 Å². The first-order valence-corrected chi connectivity index (χ1v) is 6.62. The van der Waals surface area contributed by atoms with Crippen LogP contribution in [0.2, 0.25) is 0 Å². The monoisotopic (exact) mass is 287 g/mol. The molecule has 0 fully saturated rings. The highest BCUT2D eigenvalue weighted by Gasteiger charge is 2.11. The van der Waals surface area contributed by atoms with Crippen LogP contribution in [0, 0.1) is 0 Å². The minimum atomic E-state index is -0.347. The maximum absolute atomic E-state index is 11.9. The minimum Gasteiger partial charge on any atom is -0.455 e. The van der Waals surface area contributed by atoms with Crippen LogP contribution >= 0.6 is 0 Å². The highest BCUT2D eigenvalue weighted by Crippen LogP contribution is 2.15. The number of anilines is 2. The van der Waals surface area contributed by atoms with E-state index in [0.29, 0.717) is 23.6 Å². The molecule has 0 saturated carbocycles. The number of hydrogen-bond acceptors (Lipinski definition) is 4. The Morgan fingerprint density at radius 3 is 2.19 bits per heavy atom. The predicted molar refractivity (Wildman–Crippen MR) is 79.9 cm³/mol. The number of amides is 2. The van der Waals surface area contributed by atoms with Gasteiger partial charge in [0, 0.05) is 17.8 Å².